The lowest BCUT2D eigenvalue weighted by atomic mass is 9.75. The van der Waals surface area contributed by atoms with E-state index in [1.54, 1.807) is 0 Å². The van der Waals surface area contributed by atoms with Crippen LogP contribution in [-0.4, -0.2) is 18.0 Å². The third kappa shape index (κ3) is 5.26. The minimum Gasteiger partial charge on any atom is -0.352 e. The highest BCUT2D eigenvalue weighted by molar-refractivity contribution is 5.85. The van der Waals surface area contributed by atoms with Crippen LogP contribution >= 0.6 is 12.4 Å². The highest BCUT2D eigenvalue weighted by atomic mass is 35.5. The molecule has 1 rings (SSSR count). The Morgan fingerprint density at radius 1 is 1.29 bits per heavy atom. The molecule has 1 amide bonds. The Morgan fingerprint density at radius 2 is 1.76 bits per heavy atom. The van der Waals surface area contributed by atoms with Crippen LogP contribution in [0, 0.1) is 11.3 Å². The molecule has 0 radical (unpaired) electrons. The number of hydrogen-bond donors (Lipinski definition) is 2. The van der Waals surface area contributed by atoms with Crippen molar-refractivity contribution in [3.05, 3.63) is 0 Å². The van der Waals surface area contributed by atoms with Crippen LogP contribution in [0.4, 0.5) is 0 Å². The van der Waals surface area contributed by atoms with E-state index in [-0.39, 0.29) is 30.3 Å². The third-order valence-corrected chi connectivity index (χ3v) is 3.71. The average Bonchev–Trinajstić information content (AvgIpc) is 2.19. The second-order valence-corrected chi connectivity index (χ2v) is 6.22. The molecule has 1 saturated carbocycles. The number of carbonyl (C=O) groups is 1. The normalized spacial score (nSPS) is 21.8. The summed E-state index contributed by atoms with van der Waals surface area (Å²) in [4.78, 5) is 11.8. The fourth-order valence-corrected chi connectivity index (χ4v) is 2.14. The molecule has 1 aliphatic rings. The Bertz CT molecular complexity index is 244. The summed E-state index contributed by atoms with van der Waals surface area (Å²) in [6.45, 7) is 8.55. The first-order valence-electron chi connectivity index (χ1n) is 6.38. The van der Waals surface area contributed by atoms with Gasteiger partial charge in [0.15, 0.2) is 0 Å². The Hall–Kier alpha value is -0.280. The Kier molecular flexibility index (Phi) is 6.49. The van der Waals surface area contributed by atoms with Crippen molar-refractivity contribution in [2.24, 2.45) is 17.1 Å². The molecule has 1 aliphatic carbocycles. The van der Waals surface area contributed by atoms with Crippen LogP contribution in [0.3, 0.4) is 0 Å². The quantitative estimate of drug-likeness (QED) is 0.821. The molecule has 0 aromatic rings. The Morgan fingerprint density at radius 3 is 2.18 bits per heavy atom. The van der Waals surface area contributed by atoms with Crippen LogP contribution in [0.2, 0.25) is 0 Å². The van der Waals surface area contributed by atoms with Gasteiger partial charge < -0.3 is 11.1 Å². The van der Waals surface area contributed by atoms with Crippen LogP contribution in [-0.2, 0) is 4.79 Å². The van der Waals surface area contributed by atoms with E-state index in [0.29, 0.717) is 11.5 Å². The van der Waals surface area contributed by atoms with Gasteiger partial charge in [0.05, 0.1) is 6.04 Å². The highest BCUT2D eigenvalue weighted by Gasteiger charge is 2.28. The molecule has 1 atom stereocenters. The van der Waals surface area contributed by atoms with Gasteiger partial charge in [-0.2, -0.15) is 0 Å². The summed E-state index contributed by atoms with van der Waals surface area (Å²) < 4.78 is 0. The van der Waals surface area contributed by atoms with Crippen LogP contribution in [0.15, 0.2) is 0 Å². The van der Waals surface area contributed by atoms with Crippen LogP contribution in [0.1, 0.15) is 53.4 Å². The Labute approximate surface area is 111 Å². The van der Waals surface area contributed by atoms with Crippen LogP contribution in [0.5, 0.6) is 0 Å². The number of amides is 1. The largest absolute Gasteiger partial charge is 0.352 e. The zero-order chi connectivity index (χ0) is 12.3. The van der Waals surface area contributed by atoms with Crippen molar-refractivity contribution in [2.45, 2.75) is 65.5 Å². The summed E-state index contributed by atoms with van der Waals surface area (Å²) in [5.41, 5.74) is 6.26. The monoisotopic (exact) mass is 262 g/mol. The van der Waals surface area contributed by atoms with E-state index >= 15 is 0 Å². The SMILES string of the molecule is CC(C)[C@@H](N)C(=O)NC1CCC(C)(C)CC1.Cl. The molecule has 3 N–H and O–H groups in total. The molecule has 0 bridgehead atoms. The molecule has 0 saturated heterocycles. The van der Waals surface area contributed by atoms with Crippen molar-refractivity contribution in [2.75, 3.05) is 0 Å². The number of hydrogen-bond acceptors (Lipinski definition) is 2. The van der Waals surface area contributed by atoms with Gasteiger partial charge in [0.1, 0.15) is 0 Å². The first-order chi connectivity index (χ1) is 7.32. The fourth-order valence-electron chi connectivity index (χ4n) is 2.14. The zero-order valence-corrected chi connectivity index (χ0v) is 12.3. The summed E-state index contributed by atoms with van der Waals surface area (Å²) in [6.07, 6.45) is 4.55. The number of nitrogens with two attached hydrogens (primary N) is 1. The molecule has 3 nitrogen and oxygen atoms in total. The predicted octanol–water partition coefficient (Wildman–Crippen LogP) is 2.48. The van der Waals surface area contributed by atoms with Gasteiger partial charge >= 0.3 is 0 Å². The molecular formula is C13H27ClN2O. The fraction of sp³-hybridized carbons (Fsp3) is 0.923. The van der Waals surface area contributed by atoms with Crippen LogP contribution in [0.25, 0.3) is 0 Å². The molecule has 0 aromatic carbocycles. The van der Waals surface area contributed by atoms with Crippen molar-refractivity contribution in [3.8, 4) is 0 Å². The van der Waals surface area contributed by atoms with E-state index in [1.807, 2.05) is 13.8 Å². The number of carbonyl (C=O) groups excluding carboxylic acids is 1. The lowest BCUT2D eigenvalue weighted by molar-refractivity contribution is -0.124. The average molecular weight is 263 g/mol. The second kappa shape index (κ2) is 6.60. The summed E-state index contributed by atoms with van der Waals surface area (Å²) in [5.74, 6) is 0.222. The molecule has 0 heterocycles. The minimum atomic E-state index is -0.366. The van der Waals surface area contributed by atoms with E-state index in [0.717, 1.165) is 12.8 Å². The summed E-state index contributed by atoms with van der Waals surface area (Å²) >= 11 is 0. The molecular weight excluding hydrogens is 236 g/mol. The molecule has 4 heteroatoms. The minimum absolute atomic E-state index is 0. The molecule has 102 valence electrons. The second-order valence-electron chi connectivity index (χ2n) is 6.22. The summed E-state index contributed by atoms with van der Waals surface area (Å²) in [6, 6.07) is -0.0275. The molecule has 0 unspecified atom stereocenters. The maximum atomic E-state index is 11.8. The lowest BCUT2D eigenvalue weighted by Crippen LogP contribution is -2.49. The van der Waals surface area contributed by atoms with Gasteiger partial charge in [-0.25, -0.2) is 0 Å². The first kappa shape index (κ1) is 16.7. The van der Waals surface area contributed by atoms with Crippen LogP contribution < -0.4 is 11.1 Å². The van der Waals surface area contributed by atoms with Crippen molar-refractivity contribution < 1.29 is 4.79 Å². The van der Waals surface area contributed by atoms with Crippen molar-refractivity contribution in [3.63, 3.8) is 0 Å². The van der Waals surface area contributed by atoms with Gasteiger partial charge in [-0.3, -0.25) is 4.79 Å². The van der Waals surface area contributed by atoms with Gasteiger partial charge in [0.2, 0.25) is 5.91 Å². The van der Waals surface area contributed by atoms with Gasteiger partial charge in [0.25, 0.3) is 0 Å². The van der Waals surface area contributed by atoms with Crippen molar-refractivity contribution in [1.82, 2.24) is 5.32 Å². The molecule has 0 aromatic heterocycles. The highest BCUT2D eigenvalue weighted by Crippen LogP contribution is 2.34. The molecule has 0 spiro atoms. The number of nitrogens with one attached hydrogen (secondary N) is 1. The molecule has 1 fully saturated rings. The number of halogens is 1. The van der Waals surface area contributed by atoms with Gasteiger partial charge in [-0.1, -0.05) is 27.7 Å². The smallest absolute Gasteiger partial charge is 0.237 e. The van der Waals surface area contributed by atoms with E-state index in [2.05, 4.69) is 19.2 Å². The maximum absolute atomic E-state index is 11.8. The molecule has 0 aliphatic heterocycles. The molecule has 17 heavy (non-hydrogen) atoms. The van der Waals surface area contributed by atoms with E-state index < -0.39 is 0 Å². The number of rotatable bonds is 3. The van der Waals surface area contributed by atoms with E-state index in [1.165, 1.54) is 12.8 Å². The van der Waals surface area contributed by atoms with E-state index in [9.17, 15) is 4.79 Å². The van der Waals surface area contributed by atoms with Gasteiger partial charge in [0, 0.05) is 6.04 Å². The first-order valence-corrected chi connectivity index (χ1v) is 6.38. The lowest BCUT2D eigenvalue weighted by Gasteiger charge is -2.35. The van der Waals surface area contributed by atoms with Crippen molar-refractivity contribution in [1.29, 1.82) is 0 Å². The predicted molar refractivity (Wildman–Crippen MR) is 74.2 cm³/mol. The topological polar surface area (TPSA) is 55.1 Å². The summed E-state index contributed by atoms with van der Waals surface area (Å²) in [7, 11) is 0. The Balaban J connectivity index is 0.00000256. The summed E-state index contributed by atoms with van der Waals surface area (Å²) in [5, 5.41) is 3.07. The van der Waals surface area contributed by atoms with Gasteiger partial charge in [-0.05, 0) is 37.0 Å². The maximum Gasteiger partial charge on any atom is 0.237 e. The zero-order valence-electron chi connectivity index (χ0n) is 11.5. The van der Waals surface area contributed by atoms with Gasteiger partial charge in [-0.15, -0.1) is 12.4 Å². The van der Waals surface area contributed by atoms with E-state index in [4.69, 9.17) is 5.73 Å². The standard InChI is InChI=1S/C13H26N2O.ClH/c1-9(2)11(14)12(16)15-10-5-7-13(3,4)8-6-10;/h9-11H,5-8,14H2,1-4H3,(H,15,16);1H/t11-;/m1./s1. The third-order valence-electron chi connectivity index (χ3n) is 3.71. The van der Waals surface area contributed by atoms with Crippen molar-refractivity contribution >= 4 is 18.3 Å².